The van der Waals surface area contributed by atoms with Crippen LogP contribution in [0.3, 0.4) is 0 Å². The number of nitrogens with two attached hydrogens (primary N) is 1. The van der Waals surface area contributed by atoms with Crippen molar-refractivity contribution < 1.29 is 23.8 Å². The zero-order chi connectivity index (χ0) is 18.3. The second-order valence-electron chi connectivity index (χ2n) is 6.29. The highest BCUT2D eigenvalue weighted by Crippen LogP contribution is 2.29. The van der Waals surface area contributed by atoms with Crippen LogP contribution in [0.1, 0.15) is 37.7 Å². The molecule has 0 aliphatic carbocycles. The Morgan fingerprint density at radius 2 is 2.08 bits per heavy atom. The summed E-state index contributed by atoms with van der Waals surface area (Å²) >= 11 is 6.14. The fraction of sp³-hybridized carbons (Fsp3) is 0.667. The number of primary amides is 1. The van der Waals surface area contributed by atoms with Crippen molar-refractivity contribution in [3.05, 3.63) is 10.7 Å². The first-order valence-electron chi connectivity index (χ1n) is 7.50. The molecule has 0 aliphatic heterocycles. The minimum Gasteiger partial charge on any atom is -0.475 e. The lowest BCUT2D eigenvalue weighted by atomic mass is 9.89. The summed E-state index contributed by atoms with van der Waals surface area (Å²) in [6.45, 7) is 6.67. The molecule has 0 saturated carbocycles. The number of ether oxygens (including phenoxy) is 3. The van der Waals surface area contributed by atoms with Gasteiger partial charge in [-0.05, 0) is 0 Å². The van der Waals surface area contributed by atoms with E-state index in [0.717, 1.165) is 0 Å². The highest BCUT2D eigenvalue weighted by Gasteiger charge is 2.30. The third-order valence-corrected chi connectivity index (χ3v) is 3.66. The summed E-state index contributed by atoms with van der Waals surface area (Å²) in [6.07, 6.45) is -0.241. The second kappa shape index (κ2) is 8.89. The minimum absolute atomic E-state index is 0.120. The summed E-state index contributed by atoms with van der Waals surface area (Å²) in [5, 5.41) is 4.32. The highest BCUT2D eigenvalue weighted by atomic mass is 35.5. The molecule has 1 rings (SSSR count). The van der Waals surface area contributed by atoms with Gasteiger partial charge in [0.15, 0.2) is 6.29 Å². The number of halogens is 1. The molecule has 0 fully saturated rings. The zero-order valence-electron chi connectivity index (χ0n) is 14.4. The molecule has 0 aromatic carbocycles. The van der Waals surface area contributed by atoms with Crippen molar-refractivity contribution in [1.29, 1.82) is 0 Å². The standard InChI is InChI=1S/C15H24ClN3O5/c1-15(2,3)11(24-14(17)21)8-19-10(9-20)12(16)13(18-19)23-7-5-6-22-4/h9,11H,5-8H2,1-4H3,(H2,17,21). The third kappa shape index (κ3) is 5.68. The summed E-state index contributed by atoms with van der Waals surface area (Å²) in [5.74, 6) is 0.154. The van der Waals surface area contributed by atoms with E-state index >= 15 is 0 Å². The van der Waals surface area contributed by atoms with Crippen LogP contribution >= 0.6 is 11.6 Å². The number of hydrogen-bond acceptors (Lipinski definition) is 6. The molecule has 136 valence electrons. The summed E-state index contributed by atoms with van der Waals surface area (Å²) in [7, 11) is 1.59. The molecule has 1 amide bonds. The number of carbonyl (C=O) groups is 2. The van der Waals surface area contributed by atoms with Crippen LogP contribution in [0.5, 0.6) is 5.88 Å². The van der Waals surface area contributed by atoms with E-state index in [0.29, 0.717) is 25.9 Å². The van der Waals surface area contributed by atoms with E-state index in [1.807, 2.05) is 20.8 Å². The smallest absolute Gasteiger partial charge is 0.404 e. The first-order valence-corrected chi connectivity index (χ1v) is 7.87. The molecule has 9 heteroatoms. The van der Waals surface area contributed by atoms with Crippen LogP contribution < -0.4 is 10.5 Å². The van der Waals surface area contributed by atoms with Gasteiger partial charge in [-0.2, -0.15) is 0 Å². The number of aldehydes is 1. The Morgan fingerprint density at radius 3 is 2.58 bits per heavy atom. The molecule has 1 aromatic heterocycles. The molecule has 2 N–H and O–H groups in total. The monoisotopic (exact) mass is 361 g/mol. The number of amides is 1. The Hall–Kier alpha value is -1.80. The zero-order valence-corrected chi connectivity index (χ0v) is 15.1. The van der Waals surface area contributed by atoms with E-state index in [1.54, 1.807) is 7.11 Å². The van der Waals surface area contributed by atoms with Crippen molar-refractivity contribution >= 4 is 24.0 Å². The van der Waals surface area contributed by atoms with Gasteiger partial charge in [-0.1, -0.05) is 32.4 Å². The van der Waals surface area contributed by atoms with Gasteiger partial charge < -0.3 is 19.9 Å². The maximum absolute atomic E-state index is 11.3. The Labute approximate surface area is 146 Å². The molecule has 0 aliphatic rings. The van der Waals surface area contributed by atoms with Crippen molar-refractivity contribution in [1.82, 2.24) is 9.78 Å². The van der Waals surface area contributed by atoms with E-state index in [4.69, 9.17) is 31.5 Å². The van der Waals surface area contributed by atoms with Gasteiger partial charge in [0.05, 0.1) is 13.2 Å². The lowest BCUT2D eigenvalue weighted by molar-refractivity contribution is 0.0228. The Kier molecular flexibility index (Phi) is 7.50. The molecule has 1 atom stereocenters. The number of hydrogen-bond donors (Lipinski definition) is 1. The van der Waals surface area contributed by atoms with Crippen LogP contribution in [-0.2, 0) is 16.0 Å². The van der Waals surface area contributed by atoms with Gasteiger partial charge in [-0.15, -0.1) is 5.10 Å². The largest absolute Gasteiger partial charge is 0.475 e. The molecule has 1 heterocycles. The summed E-state index contributed by atoms with van der Waals surface area (Å²) in [4.78, 5) is 22.5. The van der Waals surface area contributed by atoms with Gasteiger partial charge in [0.2, 0.25) is 0 Å². The molecular weight excluding hydrogens is 338 g/mol. The molecule has 0 spiro atoms. The van der Waals surface area contributed by atoms with Gasteiger partial charge in [0, 0.05) is 25.6 Å². The van der Waals surface area contributed by atoms with Crippen molar-refractivity contribution in [3.8, 4) is 5.88 Å². The SMILES string of the molecule is COCCCOc1nn(CC(OC(N)=O)C(C)(C)C)c(C=O)c1Cl. The van der Waals surface area contributed by atoms with Gasteiger partial charge in [-0.25, -0.2) is 4.79 Å². The van der Waals surface area contributed by atoms with Gasteiger partial charge >= 0.3 is 6.09 Å². The number of carbonyl (C=O) groups excluding carboxylic acids is 2. The Bertz CT molecular complexity index is 568. The van der Waals surface area contributed by atoms with Crippen molar-refractivity contribution in [2.45, 2.75) is 39.8 Å². The Balaban J connectivity index is 2.96. The van der Waals surface area contributed by atoms with E-state index in [2.05, 4.69) is 5.10 Å². The van der Waals surface area contributed by atoms with Crippen molar-refractivity contribution in [2.75, 3.05) is 20.3 Å². The average Bonchev–Trinajstić information content (AvgIpc) is 2.77. The predicted octanol–water partition coefficient (Wildman–Crippen LogP) is 2.27. The van der Waals surface area contributed by atoms with E-state index in [9.17, 15) is 9.59 Å². The highest BCUT2D eigenvalue weighted by molar-refractivity contribution is 6.34. The maximum Gasteiger partial charge on any atom is 0.404 e. The van der Waals surface area contributed by atoms with E-state index in [1.165, 1.54) is 4.68 Å². The lowest BCUT2D eigenvalue weighted by Gasteiger charge is -2.29. The maximum atomic E-state index is 11.3. The summed E-state index contributed by atoms with van der Waals surface area (Å²) < 4.78 is 16.9. The lowest BCUT2D eigenvalue weighted by Crippen LogP contribution is -2.37. The molecule has 0 saturated heterocycles. The van der Waals surface area contributed by atoms with Crippen molar-refractivity contribution in [2.24, 2.45) is 11.1 Å². The summed E-state index contributed by atoms with van der Waals surface area (Å²) in [5.41, 5.74) is 4.86. The molecular formula is C15H24ClN3O5. The molecule has 0 bridgehead atoms. The van der Waals surface area contributed by atoms with Crippen molar-refractivity contribution in [3.63, 3.8) is 0 Å². The molecule has 1 aromatic rings. The van der Waals surface area contributed by atoms with E-state index < -0.39 is 17.6 Å². The molecule has 24 heavy (non-hydrogen) atoms. The number of methoxy groups -OCH3 is 1. The first kappa shape index (κ1) is 20.2. The van der Waals surface area contributed by atoms with Crippen LogP contribution in [0, 0.1) is 5.41 Å². The fourth-order valence-electron chi connectivity index (χ4n) is 1.93. The number of aromatic nitrogens is 2. The molecule has 1 unspecified atom stereocenters. The number of nitrogens with zero attached hydrogens (tertiary/aromatic N) is 2. The van der Waals surface area contributed by atoms with Crippen LogP contribution in [0.4, 0.5) is 4.79 Å². The topological polar surface area (TPSA) is 106 Å². The average molecular weight is 362 g/mol. The fourth-order valence-corrected chi connectivity index (χ4v) is 2.17. The molecule has 8 nitrogen and oxygen atoms in total. The van der Waals surface area contributed by atoms with E-state index in [-0.39, 0.29) is 23.1 Å². The minimum atomic E-state index is -0.892. The number of rotatable bonds is 9. The van der Waals surface area contributed by atoms with Gasteiger partial charge in [-0.3, -0.25) is 9.48 Å². The van der Waals surface area contributed by atoms with Crippen LogP contribution in [-0.4, -0.2) is 48.6 Å². The summed E-state index contributed by atoms with van der Waals surface area (Å²) in [6, 6.07) is 0. The van der Waals surface area contributed by atoms with Gasteiger partial charge in [0.1, 0.15) is 16.8 Å². The second-order valence-corrected chi connectivity index (χ2v) is 6.67. The van der Waals surface area contributed by atoms with Crippen LogP contribution in [0.2, 0.25) is 5.02 Å². The van der Waals surface area contributed by atoms with Crippen LogP contribution in [0.15, 0.2) is 0 Å². The molecule has 0 radical (unpaired) electrons. The normalized spacial score (nSPS) is 12.7. The quantitative estimate of drug-likeness (QED) is 0.534. The first-order chi connectivity index (χ1) is 11.2. The third-order valence-electron chi connectivity index (χ3n) is 3.31. The van der Waals surface area contributed by atoms with Gasteiger partial charge in [0.25, 0.3) is 5.88 Å². The Morgan fingerprint density at radius 1 is 1.42 bits per heavy atom. The van der Waals surface area contributed by atoms with Crippen LogP contribution in [0.25, 0.3) is 0 Å². The predicted molar refractivity (Wildman–Crippen MR) is 88.5 cm³/mol.